The van der Waals surface area contributed by atoms with Crippen molar-refractivity contribution in [1.29, 1.82) is 0 Å². The third-order valence-electron chi connectivity index (χ3n) is 6.76. The molecule has 0 radical (unpaired) electrons. The van der Waals surface area contributed by atoms with Crippen molar-refractivity contribution < 1.29 is 4.74 Å². The Kier molecular flexibility index (Phi) is 6.60. The number of nitroso groups, excluding NO2 is 1. The molecule has 1 fully saturated rings. The summed E-state index contributed by atoms with van der Waals surface area (Å²) in [6.45, 7) is 6.04. The topological polar surface area (TPSA) is 41.9 Å². The van der Waals surface area contributed by atoms with Crippen LogP contribution >= 0.6 is 0 Å². The molecule has 1 heterocycles. The average Bonchev–Trinajstić information content (AvgIpc) is 2.78. The molecule has 0 bridgehead atoms. The normalized spacial score (nSPS) is 22.8. The highest BCUT2D eigenvalue weighted by atomic mass is 16.5. The zero-order valence-corrected chi connectivity index (χ0v) is 17.4. The highest BCUT2D eigenvalue weighted by Crippen LogP contribution is 2.40. The van der Waals surface area contributed by atoms with Gasteiger partial charge in [0.05, 0.1) is 6.61 Å². The van der Waals surface area contributed by atoms with Gasteiger partial charge in [0.25, 0.3) is 0 Å². The summed E-state index contributed by atoms with van der Waals surface area (Å²) < 4.78 is 5.62. The van der Waals surface area contributed by atoms with E-state index in [0.717, 1.165) is 50.2 Å². The Balaban J connectivity index is 1.31. The molecular formula is C25H32N2O2. The Morgan fingerprint density at radius 2 is 1.86 bits per heavy atom. The van der Waals surface area contributed by atoms with Crippen LogP contribution in [0.25, 0.3) is 0 Å². The van der Waals surface area contributed by atoms with E-state index in [4.69, 9.17) is 4.74 Å². The molecule has 2 atom stereocenters. The van der Waals surface area contributed by atoms with Gasteiger partial charge in [0.1, 0.15) is 11.8 Å². The molecule has 4 nitrogen and oxygen atoms in total. The third kappa shape index (κ3) is 4.69. The van der Waals surface area contributed by atoms with E-state index in [1.54, 1.807) is 0 Å². The predicted octanol–water partition coefficient (Wildman–Crippen LogP) is 5.72. The molecule has 2 unspecified atom stereocenters. The summed E-state index contributed by atoms with van der Waals surface area (Å²) in [7, 11) is 0. The van der Waals surface area contributed by atoms with Crippen molar-refractivity contribution in [3.63, 3.8) is 0 Å². The molecule has 1 aliphatic carbocycles. The van der Waals surface area contributed by atoms with E-state index in [9.17, 15) is 4.91 Å². The minimum atomic E-state index is -0.212. The highest BCUT2D eigenvalue weighted by Gasteiger charge is 2.31. The number of ether oxygens (including phenoxy) is 1. The molecule has 2 aromatic rings. The third-order valence-corrected chi connectivity index (χ3v) is 6.76. The van der Waals surface area contributed by atoms with E-state index in [1.165, 1.54) is 24.0 Å². The molecule has 154 valence electrons. The van der Waals surface area contributed by atoms with Crippen LogP contribution in [0, 0.1) is 10.8 Å². The number of aryl methyl sites for hydroxylation is 1. The second-order valence-corrected chi connectivity index (χ2v) is 8.46. The summed E-state index contributed by atoms with van der Waals surface area (Å²) in [5.41, 5.74) is 3.83. The molecule has 2 aliphatic rings. The Hall–Kier alpha value is -2.20. The highest BCUT2D eigenvalue weighted by molar-refractivity contribution is 5.39. The summed E-state index contributed by atoms with van der Waals surface area (Å²) in [5, 5.41) is 3.55. The van der Waals surface area contributed by atoms with Gasteiger partial charge in [0.2, 0.25) is 0 Å². The van der Waals surface area contributed by atoms with Crippen LogP contribution in [0.3, 0.4) is 0 Å². The number of benzene rings is 2. The van der Waals surface area contributed by atoms with Gasteiger partial charge < -0.3 is 9.64 Å². The lowest BCUT2D eigenvalue weighted by atomic mass is 9.78. The van der Waals surface area contributed by atoms with Gasteiger partial charge in [-0.1, -0.05) is 41.6 Å². The number of rotatable bonds is 7. The van der Waals surface area contributed by atoms with E-state index in [0.29, 0.717) is 18.4 Å². The van der Waals surface area contributed by atoms with Gasteiger partial charge in [0.15, 0.2) is 0 Å². The zero-order valence-electron chi connectivity index (χ0n) is 17.4. The predicted molar refractivity (Wildman–Crippen MR) is 117 cm³/mol. The maximum Gasteiger partial charge on any atom is 0.120 e. The van der Waals surface area contributed by atoms with Crippen LogP contribution in [0.15, 0.2) is 53.7 Å². The SMILES string of the molecule is CCOc1ccc2c(c1)CCC(CCN1CCC(c3ccccc3)CC1)C2N=O. The fourth-order valence-electron chi connectivity index (χ4n) is 5.10. The maximum absolute atomic E-state index is 11.7. The maximum atomic E-state index is 11.7. The van der Waals surface area contributed by atoms with Gasteiger partial charge in [-0.2, -0.15) is 4.91 Å². The van der Waals surface area contributed by atoms with Crippen LogP contribution < -0.4 is 4.74 Å². The van der Waals surface area contributed by atoms with E-state index in [1.807, 2.05) is 13.0 Å². The first-order valence-corrected chi connectivity index (χ1v) is 11.1. The van der Waals surface area contributed by atoms with Crippen molar-refractivity contribution in [2.45, 2.75) is 51.0 Å². The van der Waals surface area contributed by atoms with Gasteiger partial charge in [0, 0.05) is 0 Å². The van der Waals surface area contributed by atoms with Crippen LogP contribution in [0.4, 0.5) is 0 Å². The Morgan fingerprint density at radius 1 is 1.07 bits per heavy atom. The summed E-state index contributed by atoms with van der Waals surface area (Å²) in [6.07, 6.45) is 5.57. The first kappa shape index (κ1) is 20.1. The number of nitrogens with zero attached hydrogens (tertiary/aromatic N) is 2. The number of hydrogen-bond donors (Lipinski definition) is 0. The molecule has 1 saturated heterocycles. The summed E-state index contributed by atoms with van der Waals surface area (Å²) in [5.74, 6) is 1.94. The van der Waals surface area contributed by atoms with Crippen LogP contribution in [-0.2, 0) is 6.42 Å². The van der Waals surface area contributed by atoms with E-state index >= 15 is 0 Å². The number of piperidine rings is 1. The molecule has 0 aromatic heterocycles. The van der Waals surface area contributed by atoms with Crippen molar-refractivity contribution in [3.05, 3.63) is 70.1 Å². The number of hydrogen-bond acceptors (Lipinski definition) is 4. The summed E-state index contributed by atoms with van der Waals surface area (Å²) in [6, 6.07) is 16.8. The van der Waals surface area contributed by atoms with E-state index in [-0.39, 0.29) is 6.04 Å². The van der Waals surface area contributed by atoms with Gasteiger partial charge in [-0.15, -0.1) is 0 Å². The Morgan fingerprint density at radius 3 is 2.59 bits per heavy atom. The van der Waals surface area contributed by atoms with Crippen LogP contribution in [0.5, 0.6) is 5.75 Å². The minimum Gasteiger partial charge on any atom is -0.494 e. The summed E-state index contributed by atoms with van der Waals surface area (Å²) >= 11 is 0. The molecule has 4 heteroatoms. The largest absolute Gasteiger partial charge is 0.494 e. The second kappa shape index (κ2) is 9.53. The molecule has 1 aliphatic heterocycles. The Labute approximate surface area is 174 Å². The van der Waals surface area contributed by atoms with Crippen molar-refractivity contribution in [2.75, 3.05) is 26.2 Å². The quantitative estimate of drug-likeness (QED) is 0.566. The first-order valence-electron chi connectivity index (χ1n) is 11.1. The molecule has 2 aromatic carbocycles. The zero-order chi connectivity index (χ0) is 20.1. The summed E-state index contributed by atoms with van der Waals surface area (Å²) in [4.78, 5) is 14.3. The molecule has 0 spiro atoms. The molecule has 29 heavy (non-hydrogen) atoms. The smallest absolute Gasteiger partial charge is 0.120 e. The second-order valence-electron chi connectivity index (χ2n) is 8.46. The first-order chi connectivity index (χ1) is 14.3. The molecule has 0 N–H and O–H groups in total. The standard InChI is InChI=1S/C25H32N2O2/c1-2-29-23-10-11-24-22(18-23)9-8-21(25(24)26-28)14-17-27-15-12-20(13-16-27)19-6-4-3-5-7-19/h3-7,10-11,18,20-21,25H,2,8-9,12-17H2,1H3. The lowest BCUT2D eigenvalue weighted by molar-refractivity contribution is 0.189. The van der Waals surface area contributed by atoms with Crippen LogP contribution in [-0.4, -0.2) is 31.1 Å². The lowest BCUT2D eigenvalue weighted by Gasteiger charge is -2.35. The van der Waals surface area contributed by atoms with Gasteiger partial charge in [-0.05, 0) is 99.3 Å². The number of likely N-dealkylation sites (tertiary alicyclic amines) is 1. The van der Waals surface area contributed by atoms with Gasteiger partial charge in [-0.25, -0.2) is 0 Å². The number of fused-ring (bicyclic) bond motifs is 1. The molecule has 0 amide bonds. The van der Waals surface area contributed by atoms with E-state index in [2.05, 4.69) is 52.5 Å². The molecular weight excluding hydrogens is 360 g/mol. The van der Waals surface area contributed by atoms with Crippen molar-refractivity contribution >= 4 is 0 Å². The van der Waals surface area contributed by atoms with Crippen molar-refractivity contribution in [3.8, 4) is 5.75 Å². The van der Waals surface area contributed by atoms with Crippen molar-refractivity contribution in [1.82, 2.24) is 4.90 Å². The Bertz CT molecular complexity index is 800. The fourth-order valence-corrected chi connectivity index (χ4v) is 5.10. The van der Waals surface area contributed by atoms with Crippen LogP contribution in [0.1, 0.15) is 61.3 Å². The average molecular weight is 393 g/mol. The molecule has 0 saturated carbocycles. The fraction of sp³-hybridized carbons (Fsp3) is 0.520. The van der Waals surface area contributed by atoms with Crippen LogP contribution in [0.2, 0.25) is 0 Å². The van der Waals surface area contributed by atoms with Crippen molar-refractivity contribution in [2.24, 2.45) is 11.1 Å². The lowest BCUT2D eigenvalue weighted by Crippen LogP contribution is -2.35. The van der Waals surface area contributed by atoms with Gasteiger partial charge in [-0.3, -0.25) is 0 Å². The van der Waals surface area contributed by atoms with E-state index < -0.39 is 0 Å². The minimum absolute atomic E-state index is 0.212. The molecule has 4 rings (SSSR count). The van der Waals surface area contributed by atoms with Gasteiger partial charge >= 0.3 is 0 Å². The monoisotopic (exact) mass is 392 g/mol.